The number of nitrogens with one attached hydrogen (secondary N) is 1. The summed E-state index contributed by atoms with van der Waals surface area (Å²) in [5.41, 5.74) is 8.33. The summed E-state index contributed by atoms with van der Waals surface area (Å²) in [6.07, 6.45) is 0. The summed E-state index contributed by atoms with van der Waals surface area (Å²) < 4.78 is 0.661. The number of hydrogen-bond donors (Lipinski definition) is 2. The third-order valence-corrected chi connectivity index (χ3v) is 3.63. The van der Waals surface area contributed by atoms with Gasteiger partial charge in [0.1, 0.15) is 0 Å². The molecule has 0 aliphatic heterocycles. The molecule has 0 aliphatic carbocycles. The molecule has 3 N–H and O–H groups in total. The van der Waals surface area contributed by atoms with Crippen molar-refractivity contribution in [1.29, 1.82) is 0 Å². The van der Waals surface area contributed by atoms with Gasteiger partial charge in [-0.15, -0.1) is 0 Å². The smallest absolute Gasteiger partial charge is 0.270 e. The van der Waals surface area contributed by atoms with Crippen LogP contribution in [0.2, 0.25) is 0 Å². The van der Waals surface area contributed by atoms with Crippen molar-refractivity contribution in [1.82, 2.24) is 0 Å². The third kappa shape index (κ3) is 3.27. The Morgan fingerprint density at radius 1 is 1.25 bits per heavy atom. The molecular formula is C14H14BrN3O2. The molecule has 6 heteroatoms. The van der Waals surface area contributed by atoms with Crippen molar-refractivity contribution >= 4 is 33.0 Å². The SMILES string of the molecule is CC(Nc1ccc([N+](=O)[O-])cc1Br)c1ccc(N)cc1. The quantitative estimate of drug-likeness (QED) is 0.500. The number of non-ortho nitro benzene ring substituents is 1. The Labute approximate surface area is 125 Å². The van der Waals surface area contributed by atoms with Crippen molar-refractivity contribution in [3.8, 4) is 0 Å². The number of rotatable bonds is 4. The van der Waals surface area contributed by atoms with Crippen LogP contribution in [0.25, 0.3) is 0 Å². The van der Waals surface area contributed by atoms with Crippen LogP contribution in [0.15, 0.2) is 46.9 Å². The fourth-order valence-corrected chi connectivity index (χ4v) is 2.32. The van der Waals surface area contributed by atoms with Crippen molar-refractivity contribution in [2.24, 2.45) is 0 Å². The molecule has 0 amide bonds. The lowest BCUT2D eigenvalue weighted by Crippen LogP contribution is -2.07. The van der Waals surface area contributed by atoms with E-state index in [0.29, 0.717) is 4.47 Å². The summed E-state index contributed by atoms with van der Waals surface area (Å²) in [5, 5.41) is 14.0. The van der Waals surface area contributed by atoms with E-state index < -0.39 is 4.92 Å². The molecule has 1 atom stereocenters. The predicted octanol–water partition coefficient (Wildman–Crippen LogP) is 4.11. The normalized spacial score (nSPS) is 11.9. The number of hydrogen-bond acceptors (Lipinski definition) is 4. The van der Waals surface area contributed by atoms with Gasteiger partial charge in [0, 0.05) is 34.0 Å². The molecule has 0 saturated heterocycles. The van der Waals surface area contributed by atoms with Gasteiger partial charge in [0.05, 0.1) is 4.92 Å². The Morgan fingerprint density at radius 2 is 1.90 bits per heavy atom. The van der Waals surface area contributed by atoms with Crippen LogP contribution in [0.4, 0.5) is 17.1 Å². The molecule has 5 nitrogen and oxygen atoms in total. The van der Waals surface area contributed by atoms with Crippen LogP contribution in [0, 0.1) is 10.1 Å². The maximum Gasteiger partial charge on any atom is 0.270 e. The van der Waals surface area contributed by atoms with Crippen LogP contribution in [0.3, 0.4) is 0 Å². The zero-order valence-electron chi connectivity index (χ0n) is 10.8. The van der Waals surface area contributed by atoms with E-state index in [1.54, 1.807) is 6.07 Å². The van der Waals surface area contributed by atoms with Crippen LogP contribution in [0.5, 0.6) is 0 Å². The maximum absolute atomic E-state index is 10.7. The zero-order chi connectivity index (χ0) is 14.7. The maximum atomic E-state index is 10.7. The largest absolute Gasteiger partial charge is 0.399 e. The lowest BCUT2D eigenvalue weighted by atomic mass is 10.1. The fourth-order valence-electron chi connectivity index (χ4n) is 1.84. The van der Waals surface area contributed by atoms with Gasteiger partial charge in [-0.25, -0.2) is 0 Å². The van der Waals surface area contributed by atoms with Crippen LogP contribution in [0.1, 0.15) is 18.5 Å². The summed E-state index contributed by atoms with van der Waals surface area (Å²) in [4.78, 5) is 10.3. The first-order valence-electron chi connectivity index (χ1n) is 6.03. The van der Waals surface area contributed by atoms with Gasteiger partial charge in [-0.3, -0.25) is 10.1 Å². The molecule has 2 rings (SSSR count). The molecule has 2 aromatic rings. The van der Waals surface area contributed by atoms with Crippen LogP contribution < -0.4 is 11.1 Å². The molecule has 0 fully saturated rings. The van der Waals surface area contributed by atoms with Gasteiger partial charge in [0.2, 0.25) is 0 Å². The van der Waals surface area contributed by atoms with E-state index in [9.17, 15) is 10.1 Å². The fraction of sp³-hybridized carbons (Fsp3) is 0.143. The Hall–Kier alpha value is -2.08. The first-order chi connectivity index (χ1) is 9.47. The molecule has 20 heavy (non-hydrogen) atoms. The highest BCUT2D eigenvalue weighted by atomic mass is 79.9. The number of nitro groups is 1. The van der Waals surface area contributed by atoms with E-state index in [1.807, 2.05) is 31.2 Å². The van der Waals surface area contributed by atoms with Gasteiger partial charge < -0.3 is 11.1 Å². The van der Waals surface area contributed by atoms with Gasteiger partial charge in [0.25, 0.3) is 5.69 Å². The Morgan fingerprint density at radius 3 is 2.45 bits per heavy atom. The molecule has 104 valence electrons. The second-order valence-corrected chi connectivity index (χ2v) is 5.31. The minimum atomic E-state index is -0.419. The summed E-state index contributed by atoms with van der Waals surface area (Å²) in [6, 6.07) is 12.3. The number of anilines is 2. The van der Waals surface area contributed by atoms with Gasteiger partial charge in [0.15, 0.2) is 0 Å². The summed E-state index contributed by atoms with van der Waals surface area (Å²) >= 11 is 3.34. The molecule has 1 unspecified atom stereocenters. The zero-order valence-corrected chi connectivity index (χ0v) is 12.4. The van der Waals surface area contributed by atoms with E-state index >= 15 is 0 Å². The van der Waals surface area contributed by atoms with Crippen molar-refractivity contribution in [3.63, 3.8) is 0 Å². The van der Waals surface area contributed by atoms with Crippen LogP contribution >= 0.6 is 15.9 Å². The summed E-state index contributed by atoms with van der Waals surface area (Å²) in [5.74, 6) is 0. The highest BCUT2D eigenvalue weighted by Crippen LogP contribution is 2.30. The molecule has 0 heterocycles. The second-order valence-electron chi connectivity index (χ2n) is 4.45. The first-order valence-corrected chi connectivity index (χ1v) is 6.82. The van der Waals surface area contributed by atoms with Crippen LogP contribution in [-0.4, -0.2) is 4.92 Å². The van der Waals surface area contributed by atoms with Crippen LogP contribution in [-0.2, 0) is 0 Å². The number of nitrogen functional groups attached to an aromatic ring is 1. The minimum absolute atomic E-state index is 0.0579. The van der Waals surface area contributed by atoms with E-state index in [0.717, 1.165) is 16.9 Å². The molecule has 0 aliphatic rings. The number of nitro benzene ring substituents is 1. The highest BCUT2D eigenvalue weighted by molar-refractivity contribution is 9.10. The molecule has 0 saturated carbocycles. The standard InChI is InChI=1S/C14H14BrN3O2/c1-9(10-2-4-11(16)5-3-10)17-14-7-6-12(18(19)20)8-13(14)15/h2-9,17H,16H2,1H3. The molecule has 2 aromatic carbocycles. The van der Waals surface area contributed by atoms with E-state index in [4.69, 9.17) is 5.73 Å². The summed E-state index contributed by atoms with van der Waals surface area (Å²) in [7, 11) is 0. The monoisotopic (exact) mass is 335 g/mol. The first kappa shape index (κ1) is 14.3. The Bertz CT molecular complexity index is 629. The summed E-state index contributed by atoms with van der Waals surface area (Å²) in [6.45, 7) is 2.01. The molecular weight excluding hydrogens is 322 g/mol. The number of nitrogens with two attached hydrogens (primary N) is 1. The predicted molar refractivity (Wildman–Crippen MR) is 83.7 cm³/mol. The topological polar surface area (TPSA) is 81.2 Å². The molecule has 0 spiro atoms. The van der Waals surface area contributed by atoms with Crippen molar-refractivity contribution in [3.05, 3.63) is 62.6 Å². The van der Waals surface area contributed by atoms with Gasteiger partial charge in [-0.2, -0.15) is 0 Å². The van der Waals surface area contributed by atoms with E-state index in [1.165, 1.54) is 12.1 Å². The number of halogens is 1. The average Bonchev–Trinajstić information content (AvgIpc) is 2.41. The second kappa shape index (κ2) is 5.92. The Kier molecular flexibility index (Phi) is 4.24. The number of nitrogens with zero attached hydrogens (tertiary/aromatic N) is 1. The van der Waals surface area contributed by atoms with E-state index in [-0.39, 0.29) is 11.7 Å². The van der Waals surface area contributed by atoms with Gasteiger partial charge in [-0.05, 0) is 46.6 Å². The van der Waals surface area contributed by atoms with Crippen molar-refractivity contribution in [2.45, 2.75) is 13.0 Å². The minimum Gasteiger partial charge on any atom is -0.399 e. The highest BCUT2D eigenvalue weighted by Gasteiger charge is 2.11. The molecule has 0 bridgehead atoms. The lowest BCUT2D eigenvalue weighted by molar-refractivity contribution is -0.384. The van der Waals surface area contributed by atoms with Crippen molar-refractivity contribution < 1.29 is 4.92 Å². The van der Waals surface area contributed by atoms with Gasteiger partial charge in [-0.1, -0.05) is 12.1 Å². The van der Waals surface area contributed by atoms with Gasteiger partial charge >= 0.3 is 0 Å². The molecule has 0 aromatic heterocycles. The lowest BCUT2D eigenvalue weighted by Gasteiger charge is -2.17. The van der Waals surface area contributed by atoms with E-state index in [2.05, 4.69) is 21.2 Å². The third-order valence-electron chi connectivity index (χ3n) is 2.97. The number of benzene rings is 2. The molecule has 0 radical (unpaired) electrons. The average molecular weight is 336 g/mol. The van der Waals surface area contributed by atoms with Crippen molar-refractivity contribution in [2.75, 3.05) is 11.1 Å². The Balaban J connectivity index is 2.17.